The van der Waals surface area contributed by atoms with Gasteiger partial charge in [-0.1, -0.05) is 30.2 Å². The number of ether oxygens (including phenoxy) is 1. The van der Waals surface area contributed by atoms with Gasteiger partial charge in [-0.15, -0.1) is 0 Å². The zero-order valence-electron chi connectivity index (χ0n) is 19.1. The number of halogens is 3. The number of nitrogens with one attached hydrogen (secondary N) is 1. The topological polar surface area (TPSA) is 118 Å². The molecule has 0 spiro atoms. The predicted octanol–water partition coefficient (Wildman–Crippen LogP) is 4.29. The largest absolute Gasteiger partial charge is 0.668 e. The van der Waals surface area contributed by atoms with Crippen LogP contribution in [0.1, 0.15) is 42.0 Å². The zero-order valence-corrected chi connectivity index (χ0v) is 21.9. The number of aliphatic hydroxyl groups excluding tert-OH is 3. The summed E-state index contributed by atoms with van der Waals surface area (Å²) in [4.78, 5) is 0. The molecule has 0 bridgehead atoms. The number of hydrogen-bond acceptors (Lipinski definition) is 5. The average Bonchev–Trinajstić information content (AvgIpc) is 2.80. The Bertz CT molecular complexity index is 901. The normalized spacial score (nSPS) is 11.0. The van der Waals surface area contributed by atoms with E-state index in [1.54, 1.807) is 25.1 Å². The minimum absolute atomic E-state index is 0. The average molecular weight is 556 g/mol. The molecule has 0 saturated carbocycles. The summed E-state index contributed by atoms with van der Waals surface area (Å²) in [5.74, 6) is -0.265. The van der Waals surface area contributed by atoms with Crippen molar-refractivity contribution >= 4 is 0 Å². The second kappa shape index (κ2) is 16.2. The first kappa shape index (κ1) is 32.5. The maximum atomic E-state index is 13.5. The van der Waals surface area contributed by atoms with Crippen LogP contribution in [-0.4, -0.2) is 47.3 Å². The van der Waals surface area contributed by atoms with Crippen molar-refractivity contribution in [1.82, 2.24) is 0 Å². The summed E-state index contributed by atoms with van der Waals surface area (Å²) < 4.78 is 45.8. The molecule has 0 saturated heterocycles. The quantitative estimate of drug-likeness (QED) is 0.378. The third-order valence-electron chi connectivity index (χ3n) is 4.77. The van der Waals surface area contributed by atoms with Gasteiger partial charge in [0.1, 0.15) is 5.75 Å². The summed E-state index contributed by atoms with van der Waals surface area (Å²) in [7, 11) is 0. The van der Waals surface area contributed by atoms with E-state index in [1.165, 1.54) is 12.1 Å². The van der Waals surface area contributed by atoms with E-state index in [0.717, 1.165) is 11.6 Å². The number of nitrogens with zero attached hydrogens (tertiary/aromatic N) is 1. The molecule has 185 valence electrons. The van der Waals surface area contributed by atoms with Crippen molar-refractivity contribution in [2.24, 2.45) is 0 Å². The molecular formula is C24H30F3N2O4Y-. The molecule has 0 amide bonds. The van der Waals surface area contributed by atoms with Crippen LogP contribution in [0.3, 0.4) is 0 Å². The Morgan fingerprint density at radius 1 is 1.00 bits per heavy atom. The molecule has 1 radical (unpaired) electrons. The molecule has 0 aliphatic heterocycles. The Morgan fingerprint density at radius 3 is 2.18 bits per heavy atom. The van der Waals surface area contributed by atoms with E-state index in [-0.39, 0.29) is 64.5 Å². The van der Waals surface area contributed by atoms with E-state index in [4.69, 9.17) is 31.1 Å². The van der Waals surface area contributed by atoms with Crippen molar-refractivity contribution in [2.75, 3.05) is 26.4 Å². The molecular weight excluding hydrogens is 526 g/mol. The molecule has 2 rings (SSSR count). The first-order valence-electron chi connectivity index (χ1n) is 10.5. The van der Waals surface area contributed by atoms with Crippen LogP contribution in [0, 0.1) is 11.3 Å². The van der Waals surface area contributed by atoms with E-state index >= 15 is 0 Å². The summed E-state index contributed by atoms with van der Waals surface area (Å²) in [5.41, 5.74) is 7.24. The molecule has 4 N–H and O–H groups in total. The SMILES string of the molecule is CCO.N#Cc1cccc(CCCOc2ccc(CCC([NH-])(CO)CO)cc2C(F)(F)F)c1.[Y]. The third kappa shape index (κ3) is 11.3. The molecule has 10 heteroatoms. The molecule has 2 aromatic rings. The molecule has 0 aliphatic rings. The van der Waals surface area contributed by atoms with Crippen LogP contribution in [0.15, 0.2) is 42.5 Å². The van der Waals surface area contributed by atoms with Gasteiger partial charge in [0.2, 0.25) is 0 Å². The van der Waals surface area contributed by atoms with Crippen molar-refractivity contribution in [3.8, 4) is 11.8 Å². The van der Waals surface area contributed by atoms with Crippen molar-refractivity contribution < 1.29 is 65.9 Å². The summed E-state index contributed by atoms with van der Waals surface area (Å²) in [6, 6.07) is 12.8. The number of nitriles is 1. The van der Waals surface area contributed by atoms with E-state index in [9.17, 15) is 13.2 Å². The van der Waals surface area contributed by atoms with Gasteiger partial charge in [0.05, 0.1) is 23.8 Å². The van der Waals surface area contributed by atoms with Gasteiger partial charge < -0.3 is 25.8 Å². The fourth-order valence-electron chi connectivity index (χ4n) is 2.93. The van der Waals surface area contributed by atoms with Gasteiger partial charge in [-0.2, -0.15) is 18.4 Å². The molecule has 0 heterocycles. The number of hydrogen-bond donors (Lipinski definition) is 3. The summed E-state index contributed by atoms with van der Waals surface area (Å²) in [5, 5.41) is 34.8. The zero-order chi connectivity index (χ0) is 24.9. The first-order chi connectivity index (χ1) is 15.6. The number of aryl methyl sites for hydroxylation is 2. The fourth-order valence-corrected chi connectivity index (χ4v) is 2.93. The van der Waals surface area contributed by atoms with Gasteiger partial charge in [0.15, 0.2) is 0 Å². The fraction of sp³-hybridized carbons (Fsp3) is 0.458. The Kier molecular flexibility index (Phi) is 15.5. The monoisotopic (exact) mass is 556 g/mol. The van der Waals surface area contributed by atoms with Gasteiger partial charge in [0, 0.05) is 52.5 Å². The Hall–Kier alpha value is -1.54. The van der Waals surface area contributed by atoms with E-state index in [0.29, 0.717) is 24.0 Å². The van der Waals surface area contributed by atoms with Gasteiger partial charge in [-0.3, -0.25) is 0 Å². The number of aliphatic hydroxyl groups is 3. The van der Waals surface area contributed by atoms with E-state index in [1.807, 2.05) is 12.1 Å². The minimum atomic E-state index is -4.60. The van der Waals surface area contributed by atoms with Crippen molar-refractivity contribution in [3.63, 3.8) is 0 Å². The number of benzene rings is 2. The van der Waals surface area contributed by atoms with Gasteiger partial charge >= 0.3 is 6.18 Å². The van der Waals surface area contributed by atoms with Gasteiger partial charge in [-0.25, -0.2) is 0 Å². The van der Waals surface area contributed by atoms with Crippen LogP contribution in [0.2, 0.25) is 0 Å². The van der Waals surface area contributed by atoms with E-state index in [2.05, 4.69) is 0 Å². The summed E-state index contributed by atoms with van der Waals surface area (Å²) in [6.07, 6.45) is -3.40. The molecule has 6 nitrogen and oxygen atoms in total. The Morgan fingerprint density at radius 2 is 1.62 bits per heavy atom. The molecule has 2 aromatic carbocycles. The molecule has 0 atom stereocenters. The van der Waals surface area contributed by atoms with Crippen LogP contribution in [0.25, 0.3) is 5.73 Å². The molecule has 34 heavy (non-hydrogen) atoms. The summed E-state index contributed by atoms with van der Waals surface area (Å²) >= 11 is 0. The van der Waals surface area contributed by atoms with Gasteiger partial charge in [-0.05, 0) is 61.6 Å². The molecule has 0 unspecified atom stereocenters. The van der Waals surface area contributed by atoms with Crippen LogP contribution in [0.4, 0.5) is 13.2 Å². The van der Waals surface area contributed by atoms with Crippen LogP contribution < -0.4 is 4.74 Å². The number of rotatable bonds is 10. The summed E-state index contributed by atoms with van der Waals surface area (Å²) in [6.45, 7) is 0.867. The van der Waals surface area contributed by atoms with E-state index < -0.39 is 30.5 Å². The van der Waals surface area contributed by atoms with Crippen LogP contribution >= 0.6 is 0 Å². The second-order valence-corrected chi connectivity index (χ2v) is 7.51. The Balaban J connectivity index is 0.00000258. The van der Waals surface area contributed by atoms with Crippen molar-refractivity contribution in [3.05, 3.63) is 70.5 Å². The first-order valence-corrected chi connectivity index (χ1v) is 10.5. The van der Waals surface area contributed by atoms with Crippen LogP contribution in [-0.2, 0) is 51.7 Å². The maximum absolute atomic E-state index is 13.5. The molecule has 0 fully saturated rings. The number of alkyl halides is 3. The Labute approximate surface area is 223 Å². The second-order valence-electron chi connectivity index (χ2n) is 7.51. The third-order valence-corrected chi connectivity index (χ3v) is 4.77. The van der Waals surface area contributed by atoms with Crippen molar-refractivity contribution in [2.45, 2.75) is 44.3 Å². The maximum Gasteiger partial charge on any atom is 0.419 e. The smallest absolute Gasteiger partial charge is 0.419 e. The molecule has 0 aromatic heterocycles. The standard InChI is InChI=1S/C22H24F3N2O3.C2H6O.Y/c23-22(24,25)19-12-17(8-9-21(27,14-28)15-29)6-7-20(19)30-10-2-5-16-3-1-4-18(11-16)13-26;1-2-3;/h1,3-4,6-7,11-12,27-29H,2,5,8-10,14-15H2;3H,2H2,1H3;/q-1;;. The van der Waals surface area contributed by atoms with Gasteiger partial charge in [0.25, 0.3) is 0 Å². The van der Waals surface area contributed by atoms with Crippen molar-refractivity contribution in [1.29, 1.82) is 5.26 Å². The minimum Gasteiger partial charge on any atom is -0.668 e. The van der Waals surface area contributed by atoms with Crippen LogP contribution in [0.5, 0.6) is 5.75 Å². The predicted molar refractivity (Wildman–Crippen MR) is 119 cm³/mol. The molecule has 0 aliphatic carbocycles.